The molecule has 0 bridgehead atoms. The summed E-state index contributed by atoms with van der Waals surface area (Å²) in [5.41, 5.74) is 3.85. The van der Waals surface area contributed by atoms with Crippen LogP contribution in [0.1, 0.15) is 28.1 Å². The predicted molar refractivity (Wildman–Crippen MR) is 194 cm³/mol. The maximum Gasteiger partial charge on any atom is 0.272 e. The van der Waals surface area contributed by atoms with Gasteiger partial charge in [0.25, 0.3) is 11.8 Å². The molecule has 0 saturated carbocycles. The van der Waals surface area contributed by atoms with E-state index < -0.39 is 11.8 Å². The first-order chi connectivity index (χ1) is 23.4. The molecule has 0 atom stereocenters. The van der Waals surface area contributed by atoms with Crippen LogP contribution in [0, 0.1) is 6.92 Å². The van der Waals surface area contributed by atoms with E-state index in [4.69, 9.17) is 4.42 Å². The molecular weight excluding hydrogens is 619 g/mol. The van der Waals surface area contributed by atoms with Crippen LogP contribution in [0.5, 0.6) is 0 Å². The van der Waals surface area contributed by atoms with Gasteiger partial charge >= 0.3 is 0 Å². The minimum atomic E-state index is -0.502. The van der Waals surface area contributed by atoms with E-state index in [0.717, 1.165) is 32.5 Å². The van der Waals surface area contributed by atoms with Crippen molar-refractivity contribution in [2.75, 3.05) is 16.4 Å². The van der Waals surface area contributed by atoms with E-state index in [2.05, 4.69) is 16.0 Å². The number of benzene rings is 5. The summed E-state index contributed by atoms with van der Waals surface area (Å²) in [5.74, 6) is 0.683. The summed E-state index contributed by atoms with van der Waals surface area (Å²) in [5, 5.41) is 10.7. The zero-order chi connectivity index (χ0) is 33.3. The molecule has 6 rings (SSSR count). The number of nitrogens with one attached hydrogen (secondary N) is 3. The lowest BCUT2D eigenvalue weighted by Crippen LogP contribution is -2.30. The van der Waals surface area contributed by atoms with Crippen LogP contribution in [-0.2, 0) is 9.59 Å². The van der Waals surface area contributed by atoms with Gasteiger partial charge in [-0.2, -0.15) is 0 Å². The van der Waals surface area contributed by atoms with Gasteiger partial charge in [0.1, 0.15) is 17.2 Å². The van der Waals surface area contributed by atoms with Crippen molar-refractivity contribution < 1.29 is 18.8 Å². The fourth-order valence-electron chi connectivity index (χ4n) is 5.03. The number of carbonyl (C=O) groups is 3. The van der Waals surface area contributed by atoms with Crippen LogP contribution >= 0.6 is 11.8 Å². The van der Waals surface area contributed by atoms with E-state index in [0.29, 0.717) is 34.9 Å². The molecule has 3 N–H and O–H groups in total. The summed E-state index contributed by atoms with van der Waals surface area (Å²) in [6, 6.07) is 41.4. The standard InChI is InChI=1S/C40H33N3O4S/c1-27-14-16-29(17-15-27)37-23-20-32(47-37)26-36(43-39(45)30-9-3-2-4-10-30)40(46)41-31-18-21-33(22-19-31)48-25-24-38(44)42-35-13-7-11-28-8-5-6-12-34(28)35/h2-23,26H,24-25H2,1H3,(H,41,46)(H,42,44)(H,43,45). The number of thioether (sulfide) groups is 1. The number of furan rings is 1. The quantitative estimate of drug-likeness (QED) is 0.0960. The summed E-state index contributed by atoms with van der Waals surface area (Å²) in [7, 11) is 0. The van der Waals surface area contributed by atoms with Crippen molar-refractivity contribution in [1.29, 1.82) is 0 Å². The zero-order valence-corrected chi connectivity index (χ0v) is 27.1. The summed E-state index contributed by atoms with van der Waals surface area (Å²) < 4.78 is 6.01. The molecule has 6 aromatic rings. The first-order valence-electron chi connectivity index (χ1n) is 15.5. The second-order valence-corrected chi connectivity index (χ2v) is 12.3. The van der Waals surface area contributed by atoms with Crippen molar-refractivity contribution in [2.24, 2.45) is 0 Å². The van der Waals surface area contributed by atoms with Gasteiger partial charge in [-0.25, -0.2) is 0 Å². The fourth-order valence-corrected chi connectivity index (χ4v) is 5.88. The smallest absolute Gasteiger partial charge is 0.272 e. The van der Waals surface area contributed by atoms with Gasteiger partial charge in [0.05, 0.1) is 0 Å². The van der Waals surface area contributed by atoms with Crippen molar-refractivity contribution in [3.63, 3.8) is 0 Å². The van der Waals surface area contributed by atoms with E-state index in [1.54, 1.807) is 54.2 Å². The Kier molecular flexibility index (Phi) is 10.1. The maximum atomic E-state index is 13.5. The Morgan fingerprint density at radius 3 is 2.25 bits per heavy atom. The Bertz CT molecular complexity index is 2080. The van der Waals surface area contributed by atoms with Crippen molar-refractivity contribution in [3.05, 3.63) is 156 Å². The average Bonchev–Trinajstić information content (AvgIpc) is 3.58. The summed E-state index contributed by atoms with van der Waals surface area (Å²) in [6.45, 7) is 2.02. The number of anilines is 2. The SMILES string of the molecule is Cc1ccc(-c2ccc(C=C(NC(=O)c3ccccc3)C(=O)Nc3ccc(SCCC(=O)Nc4cccc5ccccc45)cc3)o2)cc1. The fraction of sp³-hybridized carbons (Fsp3) is 0.0750. The molecule has 0 aliphatic heterocycles. The largest absolute Gasteiger partial charge is 0.457 e. The van der Waals surface area contributed by atoms with E-state index in [1.807, 2.05) is 97.9 Å². The van der Waals surface area contributed by atoms with Crippen molar-refractivity contribution in [1.82, 2.24) is 5.32 Å². The lowest BCUT2D eigenvalue weighted by atomic mass is 10.1. The van der Waals surface area contributed by atoms with Gasteiger partial charge < -0.3 is 20.4 Å². The van der Waals surface area contributed by atoms with Crippen LogP contribution in [0.25, 0.3) is 28.2 Å². The molecule has 0 saturated heterocycles. The summed E-state index contributed by atoms with van der Waals surface area (Å²) >= 11 is 1.55. The second kappa shape index (κ2) is 15.2. The molecule has 0 aliphatic carbocycles. The highest BCUT2D eigenvalue weighted by atomic mass is 32.2. The van der Waals surface area contributed by atoms with Crippen LogP contribution in [0.2, 0.25) is 0 Å². The topological polar surface area (TPSA) is 100 Å². The van der Waals surface area contributed by atoms with Crippen molar-refractivity contribution in [2.45, 2.75) is 18.2 Å². The molecule has 0 spiro atoms. The van der Waals surface area contributed by atoms with Gasteiger partial charge in [0.15, 0.2) is 0 Å². The first-order valence-corrected chi connectivity index (χ1v) is 16.5. The van der Waals surface area contributed by atoms with Crippen LogP contribution < -0.4 is 16.0 Å². The van der Waals surface area contributed by atoms with Crippen molar-refractivity contribution >= 4 is 57.7 Å². The highest BCUT2D eigenvalue weighted by Gasteiger charge is 2.17. The molecule has 0 unspecified atom stereocenters. The minimum Gasteiger partial charge on any atom is -0.457 e. The third-order valence-electron chi connectivity index (χ3n) is 7.55. The number of rotatable bonds is 11. The molecular formula is C40H33N3O4S. The minimum absolute atomic E-state index is 0.0318. The molecule has 8 heteroatoms. The van der Waals surface area contributed by atoms with Gasteiger partial charge in [0.2, 0.25) is 5.91 Å². The molecule has 1 aromatic heterocycles. The Morgan fingerprint density at radius 2 is 1.46 bits per heavy atom. The first kappa shape index (κ1) is 32.1. The normalized spacial score (nSPS) is 11.2. The van der Waals surface area contributed by atoms with E-state index in [9.17, 15) is 14.4 Å². The van der Waals surface area contributed by atoms with E-state index in [1.165, 1.54) is 6.08 Å². The monoisotopic (exact) mass is 651 g/mol. The Labute approximate surface area is 283 Å². The zero-order valence-electron chi connectivity index (χ0n) is 26.2. The third kappa shape index (κ3) is 8.29. The van der Waals surface area contributed by atoms with Crippen LogP contribution in [0.3, 0.4) is 0 Å². The second-order valence-electron chi connectivity index (χ2n) is 11.1. The Balaban J connectivity index is 1.09. The highest BCUT2D eigenvalue weighted by Crippen LogP contribution is 2.26. The highest BCUT2D eigenvalue weighted by molar-refractivity contribution is 7.99. The van der Waals surface area contributed by atoms with Gasteiger partial charge in [-0.1, -0.05) is 84.4 Å². The number of fused-ring (bicyclic) bond motifs is 1. The molecule has 0 radical (unpaired) electrons. The molecule has 5 aromatic carbocycles. The number of aryl methyl sites for hydroxylation is 1. The van der Waals surface area contributed by atoms with Gasteiger partial charge in [-0.3, -0.25) is 14.4 Å². The molecule has 48 heavy (non-hydrogen) atoms. The molecule has 238 valence electrons. The van der Waals surface area contributed by atoms with Gasteiger partial charge in [-0.15, -0.1) is 11.8 Å². The van der Waals surface area contributed by atoms with Crippen molar-refractivity contribution in [3.8, 4) is 11.3 Å². The number of amides is 3. The summed E-state index contributed by atoms with van der Waals surface area (Å²) in [6.07, 6.45) is 1.86. The Morgan fingerprint density at radius 1 is 0.729 bits per heavy atom. The maximum absolute atomic E-state index is 13.5. The van der Waals surface area contributed by atoms with Crippen LogP contribution in [-0.4, -0.2) is 23.5 Å². The molecule has 1 heterocycles. The third-order valence-corrected chi connectivity index (χ3v) is 8.57. The van der Waals surface area contributed by atoms with Crippen LogP contribution in [0.15, 0.2) is 148 Å². The van der Waals surface area contributed by atoms with Gasteiger partial charge in [-0.05, 0) is 66.9 Å². The average molecular weight is 652 g/mol. The Hall–Kier alpha value is -5.86. The molecule has 7 nitrogen and oxygen atoms in total. The number of carbonyl (C=O) groups excluding carboxylic acids is 3. The lowest BCUT2D eigenvalue weighted by molar-refractivity contribution is -0.116. The molecule has 0 aliphatic rings. The molecule has 0 fully saturated rings. The predicted octanol–water partition coefficient (Wildman–Crippen LogP) is 8.94. The number of hydrogen-bond acceptors (Lipinski definition) is 5. The summed E-state index contributed by atoms with van der Waals surface area (Å²) in [4.78, 5) is 40.1. The van der Waals surface area contributed by atoms with Gasteiger partial charge in [0, 0.05) is 51.0 Å². The van der Waals surface area contributed by atoms with E-state index >= 15 is 0 Å². The van der Waals surface area contributed by atoms with Crippen LogP contribution in [0.4, 0.5) is 11.4 Å². The molecule has 3 amide bonds. The lowest BCUT2D eigenvalue weighted by Gasteiger charge is -2.11. The number of hydrogen-bond donors (Lipinski definition) is 3. The van der Waals surface area contributed by atoms with E-state index in [-0.39, 0.29) is 11.6 Å².